The Morgan fingerprint density at radius 2 is 1.57 bits per heavy atom. The quantitative estimate of drug-likeness (QED) is 0.350. The van der Waals surface area contributed by atoms with Crippen molar-refractivity contribution in [3.8, 4) is 11.3 Å². The summed E-state index contributed by atoms with van der Waals surface area (Å²) in [7, 11) is 0. The van der Waals surface area contributed by atoms with E-state index in [2.05, 4.69) is 4.98 Å². The Morgan fingerprint density at radius 1 is 0.933 bits per heavy atom. The average molecular weight is 398 g/mol. The van der Waals surface area contributed by atoms with Crippen LogP contribution in [0.25, 0.3) is 16.8 Å². The van der Waals surface area contributed by atoms with E-state index in [1.165, 1.54) is 0 Å². The zero-order valence-corrected chi connectivity index (χ0v) is 17.2. The Labute approximate surface area is 175 Å². The van der Waals surface area contributed by atoms with Crippen LogP contribution in [0.4, 0.5) is 0 Å². The molecular formula is C25H22N2O3. The molecule has 2 aromatic heterocycles. The highest BCUT2D eigenvalue weighted by Gasteiger charge is 2.22. The van der Waals surface area contributed by atoms with Crippen molar-refractivity contribution in [2.45, 2.75) is 20.8 Å². The normalized spacial score (nSPS) is 10.9. The smallest absolute Gasteiger partial charge is 0.340 e. The second-order valence-corrected chi connectivity index (χ2v) is 7.25. The first-order valence-corrected chi connectivity index (χ1v) is 9.84. The number of hydrogen-bond acceptors (Lipinski definition) is 4. The SMILES string of the molecule is CCOC(=O)c1cc(C(=O)c2ccc(C)cc2)n2cnc(-c3ccc(C)cc3)cc12. The van der Waals surface area contributed by atoms with E-state index in [4.69, 9.17) is 4.74 Å². The maximum atomic E-state index is 13.2. The standard InChI is InChI=1S/C25H22N2O3/c1-4-30-25(29)20-13-23(24(28)19-11-7-17(3)8-12-19)27-15-26-21(14-22(20)27)18-9-5-16(2)6-10-18/h5-15H,4H2,1-3H3. The van der Waals surface area contributed by atoms with E-state index in [-0.39, 0.29) is 12.4 Å². The average Bonchev–Trinajstić information content (AvgIpc) is 3.13. The van der Waals surface area contributed by atoms with Gasteiger partial charge in [0, 0.05) is 11.1 Å². The van der Waals surface area contributed by atoms with Crippen molar-refractivity contribution < 1.29 is 14.3 Å². The van der Waals surface area contributed by atoms with Crippen LogP contribution in [0.2, 0.25) is 0 Å². The van der Waals surface area contributed by atoms with E-state index < -0.39 is 5.97 Å². The van der Waals surface area contributed by atoms with Gasteiger partial charge >= 0.3 is 5.97 Å². The molecule has 4 rings (SSSR count). The number of rotatable bonds is 5. The molecule has 0 radical (unpaired) electrons. The maximum Gasteiger partial charge on any atom is 0.340 e. The molecule has 0 unspecified atom stereocenters. The van der Waals surface area contributed by atoms with Gasteiger partial charge in [-0.15, -0.1) is 0 Å². The van der Waals surface area contributed by atoms with Crippen LogP contribution in [-0.2, 0) is 4.74 Å². The zero-order valence-electron chi connectivity index (χ0n) is 17.2. The fraction of sp³-hybridized carbons (Fsp3) is 0.160. The van der Waals surface area contributed by atoms with Crippen molar-refractivity contribution in [2.24, 2.45) is 0 Å². The predicted octanol–water partition coefficient (Wildman–Crippen LogP) is 5.03. The molecule has 0 aliphatic rings. The summed E-state index contributed by atoms with van der Waals surface area (Å²) < 4.78 is 6.89. The summed E-state index contributed by atoms with van der Waals surface area (Å²) in [5.74, 6) is -0.635. The van der Waals surface area contributed by atoms with Crippen molar-refractivity contribution in [2.75, 3.05) is 6.61 Å². The van der Waals surface area contributed by atoms with Crippen LogP contribution in [0.15, 0.2) is 67.0 Å². The van der Waals surface area contributed by atoms with Crippen molar-refractivity contribution in [1.82, 2.24) is 9.38 Å². The van der Waals surface area contributed by atoms with Crippen molar-refractivity contribution in [3.63, 3.8) is 0 Å². The highest BCUT2D eigenvalue weighted by Crippen LogP contribution is 2.25. The van der Waals surface area contributed by atoms with Crippen molar-refractivity contribution >= 4 is 17.3 Å². The van der Waals surface area contributed by atoms with E-state index in [0.717, 1.165) is 22.4 Å². The molecule has 30 heavy (non-hydrogen) atoms. The Morgan fingerprint density at radius 3 is 2.20 bits per heavy atom. The second kappa shape index (κ2) is 7.95. The fourth-order valence-corrected chi connectivity index (χ4v) is 3.38. The summed E-state index contributed by atoms with van der Waals surface area (Å²) in [5, 5.41) is 0. The molecule has 0 aliphatic carbocycles. The molecule has 0 bridgehead atoms. The lowest BCUT2D eigenvalue weighted by molar-refractivity contribution is 0.0529. The summed E-state index contributed by atoms with van der Waals surface area (Å²) in [5.41, 5.74) is 5.75. The topological polar surface area (TPSA) is 60.7 Å². The molecule has 0 amide bonds. The molecule has 4 aromatic rings. The van der Waals surface area contributed by atoms with Gasteiger partial charge in [-0.05, 0) is 32.9 Å². The van der Waals surface area contributed by atoms with E-state index in [0.29, 0.717) is 22.3 Å². The molecule has 0 fully saturated rings. The van der Waals surface area contributed by atoms with Crippen LogP contribution >= 0.6 is 0 Å². The summed E-state index contributed by atoms with van der Waals surface area (Å²) in [4.78, 5) is 30.3. The number of carbonyl (C=O) groups excluding carboxylic acids is 2. The number of esters is 1. The number of carbonyl (C=O) groups is 2. The van der Waals surface area contributed by atoms with Gasteiger partial charge < -0.3 is 4.74 Å². The number of fused-ring (bicyclic) bond motifs is 1. The summed E-state index contributed by atoms with van der Waals surface area (Å²) in [6, 6.07) is 18.8. The van der Waals surface area contributed by atoms with Gasteiger partial charge in [-0.2, -0.15) is 0 Å². The van der Waals surface area contributed by atoms with Crippen molar-refractivity contribution in [1.29, 1.82) is 0 Å². The molecule has 150 valence electrons. The number of ketones is 1. The van der Waals surface area contributed by atoms with Crippen LogP contribution in [0.5, 0.6) is 0 Å². The van der Waals surface area contributed by atoms with Gasteiger partial charge in [-0.25, -0.2) is 9.78 Å². The number of aromatic nitrogens is 2. The summed E-state index contributed by atoms with van der Waals surface area (Å²) in [6.45, 7) is 6.01. The van der Waals surface area contributed by atoms with Gasteiger partial charge in [-0.3, -0.25) is 9.20 Å². The molecule has 2 aromatic carbocycles. The fourth-order valence-electron chi connectivity index (χ4n) is 3.38. The first-order chi connectivity index (χ1) is 14.5. The highest BCUT2D eigenvalue weighted by molar-refractivity contribution is 6.11. The van der Waals surface area contributed by atoms with Crippen LogP contribution in [0.1, 0.15) is 44.5 Å². The molecule has 0 saturated carbocycles. The molecule has 0 N–H and O–H groups in total. The minimum absolute atomic E-state index is 0.176. The third-order valence-electron chi connectivity index (χ3n) is 5.05. The Kier molecular flexibility index (Phi) is 5.19. The first-order valence-electron chi connectivity index (χ1n) is 9.84. The first kappa shape index (κ1) is 19.6. The van der Waals surface area contributed by atoms with Gasteiger partial charge in [-0.1, -0.05) is 59.7 Å². The number of hydrogen-bond donors (Lipinski definition) is 0. The predicted molar refractivity (Wildman–Crippen MR) is 116 cm³/mol. The van der Waals surface area contributed by atoms with Gasteiger partial charge in [0.2, 0.25) is 5.78 Å². The monoisotopic (exact) mass is 398 g/mol. The maximum absolute atomic E-state index is 13.2. The lowest BCUT2D eigenvalue weighted by Gasteiger charge is -2.06. The van der Waals surface area contributed by atoms with E-state index in [9.17, 15) is 9.59 Å². The van der Waals surface area contributed by atoms with Crippen LogP contribution in [0.3, 0.4) is 0 Å². The Hall–Kier alpha value is -3.73. The second-order valence-electron chi connectivity index (χ2n) is 7.25. The zero-order chi connectivity index (χ0) is 21.3. The van der Waals surface area contributed by atoms with Crippen LogP contribution < -0.4 is 0 Å². The number of ether oxygens (including phenoxy) is 1. The summed E-state index contributed by atoms with van der Waals surface area (Å²) >= 11 is 0. The van der Waals surface area contributed by atoms with Gasteiger partial charge in [0.05, 0.1) is 29.1 Å². The van der Waals surface area contributed by atoms with Gasteiger partial charge in [0.15, 0.2) is 0 Å². The van der Waals surface area contributed by atoms with Crippen LogP contribution in [-0.4, -0.2) is 27.7 Å². The van der Waals surface area contributed by atoms with Crippen molar-refractivity contribution in [3.05, 3.63) is 94.9 Å². The summed E-state index contributed by atoms with van der Waals surface area (Å²) in [6.07, 6.45) is 1.59. The third-order valence-corrected chi connectivity index (χ3v) is 5.05. The highest BCUT2D eigenvalue weighted by atomic mass is 16.5. The minimum Gasteiger partial charge on any atom is -0.462 e. The largest absolute Gasteiger partial charge is 0.462 e. The molecular weight excluding hydrogens is 376 g/mol. The number of aryl methyl sites for hydroxylation is 2. The molecule has 0 spiro atoms. The third kappa shape index (κ3) is 3.62. The minimum atomic E-state index is -0.459. The van der Waals surface area contributed by atoms with Crippen LogP contribution in [0, 0.1) is 13.8 Å². The molecule has 0 aliphatic heterocycles. The molecule has 0 saturated heterocycles. The Bertz CT molecular complexity index is 1240. The van der Waals surface area contributed by atoms with E-state index >= 15 is 0 Å². The van der Waals surface area contributed by atoms with E-state index in [1.54, 1.807) is 35.9 Å². The lowest BCUT2D eigenvalue weighted by Crippen LogP contribution is -2.05. The Balaban J connectivity index is 1.87. The molecule has 5 heteroatoms. The van der Waals surface area contributed by atoms with E-state index in [1.807, 2.05) is 56.3 Å². The number of nitrogens with zero attached hydrogens (tertiary/aromatic N) is 2. The van der Waals surface area contributed by atoms with Gasteiger partial charge in [0.1, 0.15) is 6.33 Å². The molecule has 5 nitrogen and oxygen atoms in total. The van der Waals surface area contributed by atoms with Gasteiger partial charge in [0.25, 0.3) is 0 Å². The lowest BCUT2D eigenvalue weighted by atomic mass is 10.1. The molecule has 0 atom stereocenters. The molecule has 2 heterocycles. The number of benzene rings is 2.